The Morgan fingerprint density at radius 3 is 1.18 bits per heavy atom. The SMILES string of the molecule is CC(C)=CCc1cc2c(c(C)c1C)COC2=O.CO[C@@H]1[C@H](O)[C@@H](CO)N[C@H]1C1=CNC2C(=O)NC=NC12.CO[C@H]1[C@@H](O)[C@H](C2=CNC3C(=O)NC=NC23)N[C@@H]1CO.C[C@@H]1[C@H](O)[C@@H](CO)N[C@H]1C1=CNC2C(=O)NC=NC12.C[C@H]1N[C@@H](C2=CNC3C(=O)NC=NC23)[C@H](O)[C@@H]1O.C[C@H]1[C@@H](O)[C@H](C2=CNC3C(=O)NC=NC23)N[C@@H]1CO. The number of nitrogens with zero attached hydrogens (tertiary/aromatic N) is 5. The van der Waals surface area contributed by atoms with E-state index in [4.69, 9.17) is 14.2 Å². The summed E-state index contributed by atoms with van der Waals surface area (Å²) in [6.07, 6.45) is 13.3. The molecular weight excluding hydrogens is 1470 g/mol. The van der Waals surface area contributed by atoms with E-state index >= 15 is 0 Å². The second-order valence-electron chi connectivity index (χ2n) is 30.7. The highest BCUT2D eigenvalue weighted by molar-refractivity contribution is 5.98. The summed E-state index contributed by atoms with van der Waals surface area (Å²) >= 11 is 0. The van der Waals surface area contributed by atoms with Gasteiger partial charge in [-0.2, -0.15) is 0 Å². The minimum Gasteiger partial charge on any atom is -0.457 e. The molecule has 16 aliphatic heterocycles. The number of allylic oxidation sites excluding steroid dienone is 2. The predicted octanol–water partition coefficient (Wildman–Crippen LogP) is -9.51. The highest BCUT2D eigenvalue weighted by Crippen LogP contribution is 2.37. The van der Waals surface area contributed by atoms with Gasteiger partial charge in [-0.15, -0.1) is 0 Å². The molecule has 5 fully saturated rings. The molecule has 0 aliphatic carbocycles. The molecule has 5 amide bonds. The molecular formula is C74H106N20O19. The lowest BCUT2D eigenvalue weighted by atomic mass is 9.88. The van der Waals surface area contributed by atoms with Gasteiger partial charge in [-0.25, -0.2) is 4.79 Å². The van der Waals surface area contributed by atoms with Gasteiger partial charge in [0.15, 0.2) is 0 Å². The maximum absolute atomic E-state index is 11.7. The Morgan fingerprint density at radius 1 is 0.434 bits per heavy atom. The molecule has 25 N–H and O–H groups in total. The Labute approximate surface area is 651 Å². The highest BCUT2D eigenvalue weighted by Gasteiger charge is 2.54. The molecule has 0 radical (unpaired) electrons. The van der Waals surface area contributed by atoms with Crippen LogP contribution in [-0.2, 0) is 51.2 Å². The summed E-state index contributed by atoms with van der Waals surface area (Å²) in [6.45, 7) is 14.0. The molecule has 10 unspecified atom stereocenters. The van der Waals surface area contributed by atoms with Crippen molar-refractivity contribution in [1.82, 2.24) is 79.8 Å². The van der Waals surface area contributed by atoms with Crippen LogP contribution in [0.3, 0.4) is 0 Å². The standard InChI is InChI=1S/C15H18O2.2C12H18N4O4.2C12H18N4O3.C11H16N4O3/c1-9(2)5-6-12-7-13-14(8-17-15(13)16)11(4)10(12)3;1-20-11-6(3-17)16-8(10(11)18)5-2-13-9-7(5)14-4-15-12(9)19;1-20-11-8(16-6(3-17)10(11)18)5-2-13-9-7(5)14-4-15-12(9)19;1-5-8(16-7(3-17)11(5)18)6-2-13-10-9(6)14-4-15-12(10)19;1-5-7(3-17)16-9(11(5)18)6-2-13-10-8(6)14-4-15-12(10)19;1-4-9(16)10(17)7(15-4)5-2-12-8-6(5)13-3-14-11(8)18/h5,7H,6,8H2,1-4H3;2*2,4,6-11,13,16-18H,3H2,1H3,(H,14,15,19);2*2,4-5,7-11,13,16-18H,3H2,1H3,(H,14,15,19);2-4,6-10,12,15-17H,1H3,(H,13,14,18)/t;6-,7?,8+,9?,10+,11-;6-,7?,8+,9?,10-,11+;5-,7+,8+,9?,10?,11-;5-,7-,8?,9+,10?,11-;4-,6?,7+,8?,9-,10+/m.11011/s1. The number of benzene rings is 1. The molecule has 1 aromatic rings. The van der Waals surface area contributed by atoms with E-state index in [9.17, 15) is 79.8 Å². The molecule has 616 valence electrons. The van der Waals surface area contributed by atoms with Crippen molar-refractivity contribution in [2.75, 3.05) is 40.6 Å². The van der Waals surface area contributed by atoms with Crippen LogP contribution in [0.4, 0.5) is 0 Å². The Balaban J connectivity index is 0.000000126. The van der Waals surface area contributed by atoms with E-state index in [2.05, 4.69) is 138 Å². The first-order valence-corrected chi connectivity index (χ1v) is 37.9. The number of methoxy groups -OCH3 is 2. The molecule has 30 atom stereocenters. The molecule has 16 heterocycles. The van der Waals surface area contributed by atoms with Crippen LogP contribution < -0.4 is 79.8 Å². The van der Waals surface area contributed by atoms with Gasteiger partial charge < -0.3 is 145 Å². The first-order valence-electron chi connectivity index (χ1n) is 37.9. The van der Waals surface area contributed by atoms with Crippen LogP contribution >= 0.6 is 0 Å². The number of hydrogen-bond acceptors (Lipinski definition) is 34. The third-order valence-corrected chi connectivity index (χ3v) is 24.0. The number of carbonyl (C=O) groups is 6. The smallest absolute Gasteiger partial charge is 0.338 e. The van der Waals surface area contributed by atoms with Gasteiger partial charge in [-0.05, 0) is 91.7 Å². The Kier molecular flexibility index (Phi) is 26.6. The summed E-state index contributed by atoms with van der Waals surface area (Å²) in [5.74, 6) is -0.903. The Morgan fingerprint density at radius 2 is 0.805 bits per heavy atom. The van der Waals surface area contributed by atoms with E-state index in [1.54, 1.807) is 31.0 Å². The molecule has 113 heavy (non-hydrogen) atoms. The average Bonchev–Trinajstić information content (AvgIpc) is 1.80. The van der Waals surface area contributed by atoms with Gasteiger partial charge in [0.1, 0.15) is 91.4 Å². The van der Waals surface area contributed by atoms with Crippen molar-refractivity contribution < 1.29 is 94.0 Å². The fourth-order valence-corrected chi connectivity index (χ4v) is 17.2. The summed E-state index contributed by atoms with van der Waals surface area (Å²) in [5.41, 5.74) is 11.1. The third kappa shape index (κ3) is 16.6. The van der Waals surface area contributed by atoms with E-state index < -0.39 is 85.1 Å². The number of aliphatic hydroxyl groups excluding tert-OH is 10. The van der Waals surface area contributed by atoms with Gasteiger partial charge in [0.05, 0.1) is 130 Å². The number of fused-ring (bicyclic) bond motifs is 6. The van der Waals surface area contributed by atoms with Gasteiger partial charge in [0.25, 0.3) is 0 Å². The number of aliphatic imine (C=N–C) groups is 5. The maximum Gasteiger partial charge on any atom is 0.338 e. The molecule has 5 saturated heterocycles. The predicted molar refractivity (Wildman–Crippen MR) is 409 cm³/mol. The molecule has 17 rings (SSSR count). The Hall–Kier alpha value is -8.85. The second-order valence-corrected chi connectivity index (χ2v) is 30.7. The van der Waals surface area contributed by atoms with Crippen molar-refractivity contribution in [2.45, 2.75) is 231 Å². The molecule has 0 spiro atoms. The number of carbonyl (C=O) groups excluding carboxylic acids is 6. The number of esters is 1. The molecule has 0 bridgehead atoms. The monoisotopic (exact) mass is 1580 g/mol. The van der Waals surface area contributed by atoms with Crippen LogP contribution in [0.1, 0.15) is 67.2 Å². The summed E-state index contributed by atoms with van der Waals surface area (Å²) in [5, 5.41) is 141. The second kappa shape index (κ2) is 35.9. The van der Waals surface area contributed by atoms with Crippen molar-refractivity contribution in [3.05, 3.63) is 104 Å². The lowest BCUT2D eigenvalue weighted by Gasteiger charge is -2.26. The average molecular weight is 1580 g/mol. The topological polar surface area (TPSA) is 575 Å². The normalized spacial score (nSPS) is 39.6. The van der Waals surface area contributed by atoms with Crippen molar-refractivity contribution in [1.29, 1.82) is 0 Å². The summed E-state index contributed by atoms with van der Waals surface area (Å²) < 4.78 is 15.7. The van der Waals surface area contributed by atoms with Crippen LogP contribution in [0, 0.1) is 25.7 Å². The number of ether oxygens (including phenoxy) is 3. The van der Waals surface area contributed by atoms with Crippen LogP contribution in [0.2, 0.25) is 0 Å². The first-order chi connectivity index (χ1) is 54.2. The number of nitrogens with one attached hydrogen (secondary N) is 15. The molecule has 16 aliphatic rings. The summed E-state index contributed by atoms with van der Waals surface area (Å²) in [6, 6.07) is -4.48. The largest absolute Gasteiger partial charge is 0.457 e. The van der Waals surface area contributed by atoms with E-state index in [1.165, 1.54) is 68.2 Å². The van der Waals surface area contributed by atoms with Crippen molar-refractivity contribution in [3.8, 4) is 0 Å². The molecule has 39 heteroatoms. The van der Waals surface area contributed by atoms with E-state index in [-0.39, 0.29) is 158 Å². The number of amides is 5. The fourth-order valence-electron chi connectivity index (χ4n) is 17.2. The number of rotatable bonds is 13. The summed E-state index contributed by atoms with van der Waals surface area (Å²) in [7, 11) is 3.01. The number of aliphatic hydroxyl groups is 10. The van der Waals surface area contributed by atoms with Gasteiger partial charge in [-0.3, -0.25) is 48.9 Å². The van der Waals surface area contributed by atoms with E-state index in [0.29, 0.717) is 6.61 Å². The molecule has 39 nitrogen and oxygen atoms in total. The van der Waals surface area contributed by atoms with E-state index in [0.717, 1.165) is 45.4 Å². The molecule has 0 saturated carbocycles. The van der Waals surface area contributed by atoms with Crippen LogP contribution in [-0.4, -0.2) is 329 Å². The zero-order chi connectivity index (χ0) is 81.1. The van der Waals surface area contributed by atoms with Crippen LogP contribution in [0.5, 0.6) is 0 Å². The van der Waals surface area contributed by atoms with Gasteiger partial charge in [-0.1, -0.05) is 25.5 Å². The Bertz CT molecular complexity index is 4010. The van der Waals surface area contributed by atoms with Crippen molar-refractivity contribution >= 4 is 67.2 Å². The zero-order valence-electron chi connectivity index (χ0n) is 63.9. The fraction of sp³-hybridized carbons (Fsp3) is 0.608. The minimum atomic E-state index is -0.882. The van der Waals surface area contributed by atoms with Gasteiger partial charge in [0.2, 0.25) is 29.5 Å². The number of hydrogen-bond donors (Lipinski definition) is 25. The number of cyclic esters (lactones) is 1. The van der Waals surface area contributed by atoms with E-state index in [1.807, 2.05) is 26.8 Å². The van der Waals surface area contributed by atoms with Crippen LogP contribution in [0.25, 0.3) is 0 Å². The quantitative estimate of drug-likeness (QED) is 0.0644. The first kappa shape index (κ1) is 83.6. The molecule has 1 aromatic carbocycles. The zero-order valence-corrected chi connectivity index (χ0v) is 63.9. The minimum absolute atomic E-state index is 0.0206. The lowest BCUT2D eigenvalue weighted by molar-refractivity contribution is -0.122. The van der Waals surface area contributed by atoms with Gasteiger partial charge in [0, 0.05) is 80.7 Å². The molecule has 0 aromatic heterocycles. The van der Waals surface area contributed by atoms with Crippen molar-refractivity contribution in [3.63, 3.8) is 0 Å². The maximum atomic E-state index is 11.7. The van der Waals surface area contributed by atoms with Crippen molar-refractivity contribution in [2.24, 2.45) is 36.8 Å². The highest BCUT2D eigenvalue weighted by atomic mass is 16.5. The third-order valence-electron chi connectivity index (χ3n) is 24.0. The van der Waals surface area contributed by atoms with Crippen LogP contribution in [0.15, 0.2) is 102 Å². The lowest BCUT2D eigenvalue weighted by Crippen LogP contribution is -2.51. The summed E-state index contributed by atoms with van der Waals surface area (Å²) in [4.78, 5) is 91.4. The van der Waals surface area contributed by atoms with Gasteiger partial charge >= 0.3 is 5.97 Å².